The number of aromatic nitrogens is 1. The van der Waals surface area contributed by atoms with Gasteiger partial charge in [0.2, 0.25) is 0 Å². The number of hydrogen-bond acceptors (Lipinski definition) is 2. The van der Waals surface area contributed by atoms with Gasteiger partial charge >= 0.3 is 0 Å². The van der Waals surface area contributed by atoms with E-state index in [9.17, 15) is 13.6 Å². The van der Waals surface area contributed by atoms with Crippen molar-refractivity contribution in [2.45, 2.75) is 6.92 Å². The predicted molar refractivity (Wildman–Crippen MR) is 73.0 cm³/mol. The topological polar surface area (TPSA) is 33.2 Å². The van der Waals surface area contributed by atoms with Crippen LogP contribution in [-0.2, 0) is 0 Å². The third-order valence-corrected chi connectivity index (χ3v) is 3.04. The Kier molecular flexibility index (Phi) is 4.29. The van der Waals surface area contributed by atoms with E-state index in [-0.39, 0.29) is 22.9 Å². The van der Waals surface area contributed by atoms with Crippen LogP contribution in [0, 0.1) is 11.6 Å². The molecule has 0 radical (unpaired) electrons. The maximum Gasteiger partial charge on any atom is 0.261 e. The number of benzene rings is 1. The van der Waals surface area contributed by atoms with Gasteiger partial charge in [0, 0.05) is 6.54 Å². The summed E-state index contributed by atoms with van der Waals surface area (Å²) < 4.78 is 27.0. The highest BCUT2D eigenvalue weighted by molar-refractivity contribution is 6.33. The van der Waals surface area contributed by atoms with Crippen LogP contribution in [0.4, 0.5) is 14.5 Å². The Balaban J connectivity index is 2.45. The molecule has 0 atom stereocenters. The molecule has 20 heavy (non-hydrogen) atoms. The molecule has 1 amide bonds. The Bertz CT molecular complexity index is 649. The van der Waals surface area contributed by atoms with Crippen molar-refractivity contribution >= 4 is 23.2 Å². The van der Waals surface area contributed by atoms with Gasteiger partial charge in [-0.1, -0.05) is 23.7 Å². The maximum absolute atomic E-state index is 13.8. The number of para-hydroxylation sites is 1. The van der Waals surface area contributed by atoms with Gasteiger partial charge in [-0.3, -0.25) is 4.79 Å². The number of amides is 1. The molecule has 0 aliphatic heterocycles. The third kappa shape index (κ3) is 2.77. The first-order valence-corrected chi connectivity index (χ1v) is 6.29. The number of rotatable bonds is 3. The maximum atomic E-state index is 13.8. The van der Waals surface area contributed by atoms with Crippen LogP contribution in [0.3, 0.4) is 0 Å². The molecule has 2 rings (SSSR count). The second-order valence-corrected chi connectivity index (χ2v) is 4.35. The molecule has 104 valence electrons. The molecular weight excluding hydrogens is 286 g/mol. The van der Waals surface area contributed by atoms with Crippen molar-refractivity contribution in [2.24, 2.45) is 0 Å². The number of pyridine rings is 1. The van der Waals surface area contributed by atoms with Gasteiger partial charge in [0.1, 0.15) is 16.8 Å². The van der Waals surface area contributed by atoms with Crippen LogP contribution in [0.1, 0.15) is 17.3 Å². The molecule has 1 aromatic heterocycles. The number of hydrogen-bond donors (Lipinski definition) is 0. The van der Waals surface area contributed by atoms with Crippen LogP contribution in [0.15, 0.2) is 36.5 Å². The Labute approximate surface area is 119 Å². The normalized spacial score (nSPS) is 10.4. The van der Waals surface area contributed by atoms with Crippen LogP contribution in [0.5, 0.6) is 0 Å². The zero-order valence-corrected chi connectivity index (χ0v) is 11.4. The Morgan fingerprint density at radius 1 is 1.35 bits per heavy atom. The first-order valence-electron chi connectivity index (χ1n) is 5.92. The lowest BCUT2D eigenvalue weighted by Gasteiger charge is -2.21. The highest BCUT2D eigenvalue weighted by Gasteiger charge is 2.22. The summed E-state index contributed by atoms with van der Waals surface area (Å²) in [6.45, 7) is 1.90. The van der Waals surface area contributed by atoms with Crippen molar-refractivity contribution in [3.63, 3.8) is 0 Å². The molecule has 0 saturated carbocycles. The molecule has 6 heteroatoms. The minimum Gasteiger partial charge on any atom is -0.306 e. The second-order valence-electron chi connectivity index (χ2n) is 3.99. The Morgan fingerprint density at radius 3 is 2.70 bits per heavy atom. The predicted octanol–water partition coefficient (Wildman–Crippen LogP) is 3.68. The lowest BCUT2D eigenvalue weighted by atomic mass is 10.2. The summed E-state index contributed by atoms with van der Waals surface area (Å²) in [6.07, 6.45) is 0.915. The minimum absolute atomic E-state index is 0.100. The number of anilines is 1. The van der Waals surface area contributed by atoms with Crippen molar-refractivity contribution in [3.8, 4) is 0 Å². The van der Waals surface area contributed by atoms with Gasteiger partial charge in [-0.25, -0.2) is 13.8 Å². The molecule has 0 bridgehead atoms. The average Bonchev–Trinajstić information content (AvgIpc) is 2.44. The van der Waals surface area contributed by atoms with Gasteiger partial charge in [-0.05, 0) is 25.1 Å². The van der Waals surface area contributed by atoms with E-state index in [1.165, 1.54) is 23.1 Å². The lowest BCUT2D eigenvalue weighted by Crippen LogP contribution is -2.31. The molecule has 0 spiro atoms. The molecule has 0 saturated heterocycles. The number of halogens is 3. The summed E-state index contributed by atoms with van der Waals surface area (Å²) in [5, 5.41) is -0.119. The molecule has 0 aliphatic carbocycles. The zero-order chi connectivity index (χ0) is 14.7. The number of carbonyl (C=O) groups excluding carboxylic acids is 1. The molecule has 0 unspecified atom stereocenters. The molecule has 0 aliphatic rings. The first-order chi connectivity index (χ1) is 9.54. The largest absolute Gasteiger partial charge is 0.306 e. The van der Waals surface area contributed by atoms with Gasteiger partial charge in [-0.15, -0.1) is 0 Å². The molecular formula is C14H11ClF2N2O. The fraction of sp³-hybridized carbons (Fsp3) is 0.143. The van der Waals surface area contributed by atoms with Crippen molar-refractivity contribution in [2.75, 3.05) is 11.4 Å². The van der Waals surface area contributed by atoms with Gasteiger partial charge in [-0.2, -0.15) is 0 Å². The Morgan fingerprint density at radius 2 is 2.05 bits per heavy atom. The number of carbonyl (C=O) groups is 1. The number of nitrogens with zero attached hydrogens (tertiary/aromatic N) is 2. The summed E-state index contributed by atoms with van der Waals surface area (Å²) in [5.41, 5.74) is 0.0112. The van der Waals surface area contributed by atoms with Crippen LogP contribution in [-0.4, -0.2) is 17.4 Å². The van der Waals surface area contributed by atoms with Crippen LogP contribution in [0.25, 0.3) is 0 Å². The van der Waals surface area contributed by atoms with Crippen molar-refractivity contribution in [1.29, 1.82) is 0 Å². The molecule has 3 nitrogen and oxygen atoms in total. The zero-order valence-electron chi connectivity index (χ0n) is 10.6. The van der Waals surface area contributed by atoms with E-state index in [1.54, 1.807) is 13.0 Å². The Hall–Kier alpha value is -2.01. The summed E-state index contributed by atoms with van der Waals surface area (Å²) >= 11 is 5.80. The fourth-order valence-corrected chi connectivity index (χ4v) is 2.00. The quantitative estimate of drug-likeness (QED) is 0.810. The van der Waals surface area contributed by atoms with E-state index in [1.807, 2.05) is 0 Å². The van der Waals surface area contributed by atoms with Gasteiger partial charge < -0.3 is 4.90 Å². The monoisotopic (exact) mass is 296 g/mol. The van der Waals surface area contributed by atoms with Crippen LogP contribution >= 0.6 is 11.6 Å². The van der Waals surface area contributed by atoms with Crippen LogP contribution < -0.4 is 4.90 Å². The highest BCUT2D eigenvalue weighted by atomic mass is 35.5. The van der Waals surface area contributed by atoms with E-state index in [0.717, 1.165) is 12.3 Å². The molecule has 1 aromatic carbocycles. The van der Waals surface area contributed by atoms with E-state index < -0.39 is 17.5 Å². The van der Waals surface area contributed by atoms with Gasteiger partial charge in [0.15, 0.2) is 0 Å². The highest BCUT2D eigenvalue weighted by Crippen LogP contribution is 2.23. The van der Waals surface area contributed by atoms with Crippen LogP contribution in [0.2, 0.25) is 5.15 Å². The minimum atomic E-state index is -0.678. The summed E-state index contributed by atoms with van der Waals surface area (Å²) in [7, 11) is 0. The summed E-state index contributed by atoms with van der Waals surface area (Å²) in [6, 6.07) is 6.84. The summed E-state index contributed by atoms with van der Waals surface area (Å²) in [5.74, 6) is -1.82. The van der Waals surface area contributed by atoms with E-state index in [0.29, 0.717) is 0 Å². The van der Waals surface area contributed by atoms with E-state index in [4.69, 9.17) is 11.6 Å². The van der Waals surface area contributed by atoms with Gasteiger partial charge in [0.05, 0.1) is 17.4 Å². The molecule has 0 N–H and O–H groups in total. The average molecular weight is 297 g/mol. The van der Waals surface area contributed by atoms with Crippen molar-refractivity contribution < 1.29 is 13.6 Å². The fourth-order valence-electron chi connectivity index (χ4n) is 1.81. The SMILES string of the molecule is CCN(C(=O)c1cc(F)cnc1Cl)c1ccccc1F. The standard InChI is InChI=1S/C14H11ClF2N2O/c1-2-19(12-6-4-3-5-11(12)17)14(20)10-7-9(16)8-18-13(10)15/h3-8H,2H2,1H3. The molecule has 0 fully saturated rings. The second kappa shape index (κ2) is 5.96. The van der Waals surface area contributed by atoms with Crippen molar-refractivity contribution in [3.05, 3.63) is 58.9 Å². The molecule has 1 heterocycles. The van der Waals surface area contributed by atoms with E-state index >= 15 is 0 Å². The van der Waals surface area contributed by atoms with Crippen molar-refractivity contribution in [1.82, 2.24) is 4.98 Å². The lowest BCUT2D eigenvalue weighted by molar-refractivity contribution is 0.0986. The van der Waals surface area contributed by atoms with Gasteiger partial charge in [0.25, 0.3) is 5.91 Å². The van der Waals surface area contributed by atoms with E-state index in [2.05, 4.69) is 4.98 Å². The first kappa shape index (κ1) is 14.4. The molecule has 2 aromatic rings. The summed E-state index contributed by atoms with van der Waals surface area (Å²) in [4.78, 5) is 17.1. The third-order valence-electron chi connectivity index (χ3n) is 2.74. The smallest absolute Gasteiger partial charge is 0.261 e.